The minimum Gasteiger partial charge on any atom is -0.484 e. The van der Waals surface area contributed by atoms with Crippen LogP contribution in [0.1, 0.15) is 49.1 Å². The molecular weight excluding hydrogens is 440 g/mol. The SMILES string of the molecule is CC(C)NS(=O)(=O)Cc1ccccc1CNC(=O)COc1ccc2oc3c(c2c1)CCCC3. The summed E-state index contributed by atoms with van der Waals surface area (Å²) in [6.07, 6.45) is 4.29. The number of fused-ring (bicyclic) bond motifs is 3. The van der Waals surface area contributed by atoms with E-state index in [9.17, 15) is 13.2 Å². The van der Waals surface area contributed by atoms with Crippen LogP contribution in [0.5, 0.6) is 5.75 Å². The Hall–Kier alpha value is -2.84. The third-order valence-electron chi connectivity index (χ3n) is 5.65. The zero-order valence-corrected chi connectivity index (χ0v) is 19.8. The second kappa shape index (κ2) is 9.97. The lowest BCUT2D eigenvalue weighted by Gasteiger charge is -2.13. The normalized spacial score (nSPS) is 13.8. The van der Waals surface area contributed by atoms with Crippen molar-refractivity contribution in [3.8, 4) is 5.75 Å². The molecule has 0 radical (unpaired) electrons. The number of rotatable bonds is 9. The fourth-order valence-corrected chi connectivity index (χ4v) is 5.69. The monoisotopic (exact) mass is 470 g/mol. The van der Waals surface area contributed by atoms with Gasteiger partial charge >= 0.3 is 0 Å². The molecule has 176 valence electrons. The van der Waals surface area contributed by atoms with Gasteiger partial charge in [0.05, 0.1) is 5.75 Å². The van der Waals surface area contributed by atoms with Gasteiger partial charge in [0.15, 0.2) is 6.61 Å². The maximum atomic E-state index is 12.4. The molecule has 8 heteroatoms. The molecule has 0 atom stereocenters. The quantitative estimate of drug-likeness (QED) is 0.495. The number of benzene rings is 2. The van der Waals surface area contributed by atoms with Crippen LogP contribution in [0.15, 0.2) is 46.9 Å². The molecule has 3 aromatic rings. The van der Waals surface area contributed by atoms with Crippen LogP contribution in [0, 0.1) is 0 Å². The third kappa shape index (κ3) is 5.94. The number of sulfonamides is 1. The molecule has 2 aromatic carbocycles. The van der Waals surface area contributed by atoms with Crippen LogP contribution in [0.25, 0.3) is 11.0 Å². The molecule has 1 aromatic heterocycles. The van der Waals surface area contributed by atoms with Crippen molar-refractivity contribution in [3.05, 3.63) is 64.9 Å². The second-order valence-corrected chi connectivity index (χ2v) is 10.5. The Bertz CT molecular complexity index is 1250. The van der Waals surface area contributed by atoms with E-state index in [2.05, 4.69) is 10.0 Å². The van der Waals surface area contributed by atoms with E-state index < -0.39 is 10.0 Å². The number of carbonyl (C=O) groups excluding carboxylic acids is 1. The molecule has 1 amide bonds. The minimum absolute atomic E-state index is 0.124. The first-order valence-electron chi connectivity index (χ1n) is 11.3. The van der Waals surface area contributed by atoms with Crippen LogP contribution in [-0.2, 0) is 40.0 Å². The highest BCUT2D eigenvalue weighted by atomic mass is 32.2. The van der Waals surface area contributed by atoms with Gasteiger partial charge < -0.3 is 14.5 Å². The average molecular weight is 471 g/mol. The van der Waals surface area contributed by atoms with E-state index in [1.165, 1.54) is 5.56 Å². The van der Waals surface area contributed by atoms with Gasteiger partial charge in [-0.1, -0.05) is 24.3 Å². The maximum absolute atomic E-state index is 12.4. The smallest absolute Gasteiger partial charge is 0.258 e. The summed E-state index contributed by atoms with van der Waals surface area (Å²) in [4.78, 5) is 12.4. The lowest BCUT2D eigenvalue weighted by Crippen LogP contribution is -2.32. The van der Waals surface area contributed by atoms with E-state index >= 15 is 0 Å². The van der Waals surface area contributed by atoms with Crippen molar-refractivity contribution < 1.29 is 22.4 Å². The summed E-state index contributed by atoms with van der Waals surface area (Å²) in [5.41, 5.74) is 3.52. The lowest BCUT2D eigenvalue weighted by atomic mass is 9.96. The summed E-state index contributed by atoms with van der Waals surface area (Å²) < 4.78 is 38.8. The van der Waals surface area contributed by atoms with Gasteiger partial charge in [-0.2, -0.15) is 0 Å². The highest BCUT2D eigenvalue weighted by molar-refractivity contribution is 7.88. The van der Waals surface area contributed by atoms with Gasteiger partial charge in [-0.05, 0) is 62.4 Å². The topological polar surface area (TPSA) is 97.6 Å². The highest BCUT2D eigenvalue weighted by Gasteiger charge is 2.19. The van der Waals surface area contributed by atoms with E-state index in [1.54, 1.807) is 26.0 Å². The molecule has 0 aliphatic heterocycles. The Morgan fingerprint density at radius 2 is 1.85 bits per heavy atom. The molecule has 0 unspecified atom stereocenters. The van der Waals surface area contributed by atoms with Crippen LogP contribution in [0.4, 0.5) is 0 Å². The largest absolute Gasteiger partial charge is 0.484 e. The van der Waals surface area contributed by atoms with Crippen LogP contribution >= 0.6 is 0 Å². The summed E-state index contributed by atoms with van der Waals surface area (Å²) in [5.74, 6) is 1.28. The number of ether oxygens (including phenoxy) is 1. The Labute approximate surface area is 194 Å². The predicted octanol–water partition coefficient (Wildman–Crippen LogP) is 3.83. The number of carbonyl (C=O) groups is 1. The molecule has 0 fully saturated rings. The molecule has 7 nitrogen and oxygen atoms in total. The zero-order chi connectivity index (χ0) is 23.4. The lowest BCUT2D eigenvalue weighted by molar-refractivity contribution is -0.123. The summed E-state index contributed by atoms with van der Waals surface area (Å²) in [6.45, 7) is 3.66. The van der Waals surface area contributed by atoms with Crippen LogP contribution in [-0.4, -0.2) is 27.0 Å². The van der Waals surface area contributed by atoms with Crippen molar-refractivity contribution in [2.45, 2.75) is 57.9 Å². The minimum atomic E-state index is -3.46. The first-order valence-corrected chi connectivity index (χ1v) is 13.0. The first-order chi connectivity index (χ1) is 15.8. The number of hydrogen-bond acceptors (Lipinski definition) is 5. The van der Waals surface area contributed by atoms with E-state index in [-0.39, 0.29) is 30.9 Å². The molecule has 33 heavy (non-hydrogen) atoms. The molecule has 0 saturated carbocycles. The molecule has 1 aliphatic rings. The molecular formula is C25H30N2O5S. The fourth-order valence-electron chi connectivity index (χ4n) is 4.20. The van der Waals surface area contributed by atoms with E-state index in [1.807, 2.05) is 30.3 Å². The van der Waals surface area contributed by atoms with E-state index in [0.29, 0.717) is 11.3 Å². The number of nitrogens with one attached hydrogen (secondary N) is 2. The van der Waals surface area contributed by atoms with Gasteiger partial charge in [-0.15, -0.1) is 0 Å². The Kier molecular flexibility index (Phi) is 7.05. The fraction of sp³-hybridized carbons (Fsp3) is 0.400. The molecule has 0 saturated heterocycles. The van der Waals surface area contributed by atoms with Gasteiger partial charge in [-0.3, -0.25) is 4.79 Å². The van der Waals surface area contributed by atoms with Gasteiger partial charge in [0.2, 0.25) is 10.0 Å². The summed E-state index contributed by atoms with van der Waals surface area (Å²) in [5, 5.41) is 3.88. The standard InChI is InChI=1S/C25H30N2O5S/c1-17(2)27-33(29,30)16-19-8-4-3-7-18(19)14-26-25(28)15-31-20-11-12-24-22(13-20)21-9-5-6-10-23(21)32-24/h3-4,7-8,11-13,17,27H,5-6,9-10,14-16H2,1-2H3,(H,26,28). The summed E-state index contributed by atoms with van der Waals surface area (Å²) in [6, 6.07) is 12.7. The average Bonchev–Trinajstić information content (AvgIpc) is 3.14. The molecule has 2 N–H and O–H groups in total. The van der Waals surface area contributed by atoms with Gasteiger partial charge in [0.25, 0.3) is 5.91 Å². The van der Waals surface area contributed by atoms with Crippen molar-refractivity contribution in [1.82, 2.24) is 10.0 Å². The van der Waals surface area contributed by atoms with E-state index in [4.69, 9.17) is 9.15 Å². The van der Waals surface area contributed by atoms with Crippen molar-refractivity contribution in [2.24, 2.45) is 0 Å². The molecule has 4 rings (SSSR count). The number of aryl methyl sites for hydroxylation is 2. The first kappa shape index (κ1) is 23.3. The van der Waals surface area contributed by atoms with Crippen molar-refractivity contribution in [1.29, 1.82) is 0 Å². The van der Waals surface area contributed by atoms with Crippen molar-refractivity contribution in [2.75, 3.05) is 6.61 Å². The predicted molar refractivity (Wildman–Crippen MR) is 128 cm³/mol. The molecule has 0 spiro atoms. The maximum Gasteiger partial charge on any atom is 0.258 e. The Morgan fingerprint density at radius 3 is 2.64 bits per heavy atom. The highest BCUT2D eigenvalue weighted by Crippen LogP contribution is 2.33. The van der Waals surface area contributed by atoms with Crippen LogP contribution in [0.3, 0.4) is 0 Å². The van der Waals surface area contributed by atoms with Crippen LogP contribution < -0.4 is 14.8 Å². The zero-order valence-electron chi connectivity index (χ0n) is 19.0. The number of furan rings is 1. The van der Waals surface area contributed by atoms with Gasteiger partial charge in [-0.25, -0.2) is 13.1 Å². The van der Waals surface area contributed by atoms with Gasteiger partial charge in [0, 0.05) is 30.0 Å². The Balaban J connectivity index is 1.35. The van der Waals surface area contributed by atoms with Gasteiger partial charge in [0.1, 0.15) is 17.1 Å². The third-order valence-corrected chi connectivity index (χ3v) is 7.17. The molecule has 1 aliphatic carbocycles. The van der Waals surface area contributed by atoms with E-state index in [0.717, 1.165) is 48.0 Å². The summed E-state index contributed by atoms with van der Waals surface area (Å²) in [7, 11) is -3.46. The number of amides is 1. The molecule has 0 bridgehead atoms. The van der Waals surface area contributed by atoms with Crippen LogP contribution in [0.2, 0.25) is 0 Å². The van der Waals surface area contributed by atoms with Crippen molar-refractivity contribution in [3.63, 3.8) is 0 Å². The molecule has 1 heterocycles. The second-order valence-electron chi connectivity index (χ2n) is 8.73. The van der Waals surface area contributed by atoms with Crippen molar-refractivity contribution >= 4 is 26.9 Å². The Morgan fingerprint density at radius 1 is 1.09 bits per heavy atom. The summed E-state index contributed by atoms with van der Waals surface area (Å²) >= 11 is 0. The number of hydrogen-bond donors (Lipinski definition) is 2.